The van der Waals surface area contributed by atoms with Crippen LogP contribution in [0.1, 0.15) is 41.9 Å². The summed E-state index contributed by atoms with van der Waals surface area (Å²) in [6, 6.07) is 14.4. The normalized spacial score (nSPS) is 14.7. The van der Waals surface area contributed by atoms with Crippen LogP contribution in [-0.2, 0) is 6.54 Å². The molecule has 1 saturated carbocycles. The first kappa shape index (κ1) is 17.2. The van der Waals surface area contributed by atoms with Crippen LogP contribution < -0.4 is 10.9 Å². The molecule has 1 N–H and O–H groups in total. The number of carbonyl (C=O) groups excluding carboxylic acids is 1. The monoisotopic (exact) mass is 363 g/mol. The summed E-state index contributed by atoms with van der Waals surface area (Å²) in [5, 5.41) is 11.4. The van der Waals surface area contributed by atoms with Crippen LogP contribution in [-0.4, -0.2) is 25.5 Å². The van der Waals surface area contributed by atoms with E-state index < -0.39 is 0 Å². The number of nitrogens with zero attached hydrogens (tertiary/aromatic N) is 4. The maximum atomic E-state index is 12.7. The lowest BCUT2D eigenvalue weighted by molar-refractivity contribution is 0.101. The summed E-state index contributed by atoms with van der Waals surface area (Å²) in [6.07, 6.45) is 4.07. The molecule has 1 atom stereocenters. The zero-order chi connectivity index (χ0) is 18.8. The van der Waals surface area contributed by atoms with Crippen LogP contribution in [0, 0.1) is 5.92 Å². The first-order valence-corrected chi connectivity index (χ1v) is 9.09. The van der Waals surface area contributed by atoms with Crippen molar-refractivity contribution < 1.29 is 4.79 Å². The van der Waals surface area contributed by atoms with E-state index in [0.29, 0.717) is 18.3 Å². The van der Waals surface area contributed by atoms with Crippen molar-refractivity contribution in [2.45, 2.75) is 32.4 Å². The lowest BCUT2D eigenvalue weighted by atomic mass is 10.2. The molecule has 2 aromatic heterocycles. The van der Waals surface area contributed by atoms with E-state index >= 15 is 0 Å². The predicted octanol–water partition coefficient (Wildman–Crippen LogP) is 2.71. The van der Waals surface area contributed by atoms with Gasteiger partial charge in [0.05, 0.1) is 18.8 Å². The van der Waals surface area contributed by atoms with Crippen molar-refractivity contribution in [2.24, 2.45) is 5.92 Å². The fraction of sp³-hybridized carbons (Fsp3) is 0.300. The summed E-state index contributed by atoms with van der Waals surface area (Å²) in [4.78, 5) is 24.8. The number of nitrogens with one attached hydrogen (secondary N) is 1. The Morgan fingerprint density at radius 3 is 2.70 bits per heavy atom. The zero-order valence-electron chi connectivity index (χ0n) is 15.1. The highest BCUT2D eigenvalue weighted by atomic mass is 16.2. The average Bonchev–Trinajstić information content (AvgIpc) is 3.43. The van der Waals surface area contributed by atoms with Gasteiger partial charge in [-0.3, -0.25) is 9.59 Å². The summed E-state index contributed by atoms with van der Waals surface area (Å²) >= 11 is 0. The smallest absolute Gasteiger partial charge is 0.277 e. The predicted molar refractivity (Wildman–Crippen MR) is 102 cm³/mol. The number of benzene rings is 1. The molecule has 1 unspecified atom stereocenters. The average molecular weight is 363 g/mol. The number of hydrogen-bond donors (Lipinski definition) is 1. The second-order valence-electron chi connectivity index (χ2n) is 6.89. The van der Waals surface area contributed by atoms with Crippen LogP contribution in [0.15, 0.2) is 59.5 Å². The van der Waals surface area contributed by atoms with E-state index in [1.54, 1.807) is 12.3 Å². The molecule has 2 heterocycles. The number of amides is 1. The molecule has 1 aliphatic carbocycles. The molecule has 1 aliphatic rings. The molecular weight excluding hydrogens is 342 g/mol. The van der Waals surface area contributed by atoms with Crippen molar-refractivity contribution in [1.29, 1.82) is 0 Å². The van der Waals surface area contributed by atoms with Crippen molar-refractivity contribution in [3.05, 3.63) is 76.3 Å². The molecule has 1 aromatic carbocycles. The Morgan fingerprint density at radius 1 is 1.19 bits per heavy atom. The minimum Gasteiger partial charge on any atom is -0.305 e. The van der Waals surface area contributed by atoms with E-state index in [1.807, 2.05) is 35.0 Å². The van der Waals surface area contributed by atoms with Gasteiger partial charge in [-0.25, -0.2) is 9.36 Å². The van der Waals surface area contributed by atoms with Gasteiger partial charge in [-0.1, -0.05) is 30.3 Å². The Kier molecular flexibility index (Phi) is 4.58. The maximum absolute atomic E-state index is 12.7. The van der Waals surface area contributed by atoms with Gasteiger partial charge < -0.3 is 5.32 Å². The summed E-state index contributed by atoms with van der Waals surface area (Å²) in [5.74, 6) is 0.898. The topological polar surface area (TPSA) is 81.8 Å². The Morgan fingerprint density at radius 2 is 1.96 bits per heavy atom. The number of anilines is 1. The van der Waals surface area contributed by atoms with Crippen molar-refractivity contribution in [1.82, 2.24) is 19.6 Å². The molecule has 1 fully saturated rings. The van der Waals surface area contributed by atoms with Crippen molar-refractivity contribution >= 4 is 11.7 Å². The van der Waals surface area contributed by atoms with E-state index in [0.717, 1.165) is 5.56 Å². The Bertz CT molecular complexity index is 1000. The molecular formula is C20H21N5O2. The SMILES string of the molecule is CC(C1CC1)n1nccc1NC(=O)c1ccc(=O)n(Cc2ccccc2)n1. The third-order valence-corrected chi connectivity index (χ3v) is 4.88. The van der Waals surface area contributed by atoms with Gasteiger partial charge in [-0.15, -0.1) is 0 Å². The lowest BCUT2D eigenvalue weighted by Gasteiger charge is -2.15. The zero-order valence-corrected chi connectivity index (χ0v) is 15.1. The van der Waals surface area contributed by atoms with E-state index in [9.17, 15) is 9.59 Å². The number of hydrogen-bond acceptors (Lipinski definition) is 4. The molecule has 3 aromatic rings. The first-order valence-electron chi connectivity index (χ1n) is 9.09. The quantitative estimate of drug-likeness (QED) is 0.730. The van der Waals surface area contributed by atoms with Crippen molar-refractivity contribution in [3.8, 4) is 0 Å². The second-order valence-corrected chi connectivity index (χ2v) is 6.89. The summed E-state index contributed by atoms with van der Waals surface area (Å²) in [5.41, 5.74) is 0.890. The summed E-state index contributed by atoms with van der Waals surface area (Å²) in [7, 11) is 0. The molecule has 1 amide bonds. The molecule has 27 heavy (non-hydrogen) atoms. The number of rotatable bonds is 6. The molecule has 0 saturated heterocycles. The lowest BCUT2D eigenvalue weighted by Crippen LogP contribution is -2.27. The minimum absolute atomic E-state index is 0.192. The molecule has 0 spiro atoms. The van der Waals surface area contributed by atoms with Crippen LogP contribution in [0.3, 0.4) is 0 Å². The fourth-order valence-electron chi connectivity index (χ4n) is 3.14. The standard InChI is InChI=1S/C20H21N5O2/c1-14(16-7-8-16)25-18(11-12-21-25)22-20(27)17-9-10-19(26)24(23-17)13-15-5-3-2-4-6-15/h2-6,9-12,14,16H,7-8,13H2,1H3,(H,22,27). The van der Waals surface area contributed by atoms with Crippen molar-refractivity contribution in [3.63, 3.8) is 0 Å². The Hall–Kier alpha value is -3.22. The van der Waals surface area contributed by atoms with Crippen LogP contribution in [0.25, 0.3) is 0 Å². The van der Waals surface area contributed by atoms with E-state index in [2.05, 4.69) is 22.4 Å². The van der Waals surface area contributed by atoms with E-state index in [-0.39, 0.29) is 23.2 Å². The van der Waals surface area contributed by atoms with Gasteiger partial charge in [0, 0.05) is 12.1 Å². The van der Waals surface area contributed by atoms with Crippen LogP contribution in [0.2, 0.25) is 0 Å². The van der Waals surface area contributed by atoms with Crippen LogP contribution in [0.4, 0.5) is 5.82 Å². The van der Waals surface area contributed by atoms with Gasteiger partial charge in [0.2, 0.25) is 0 Å². The molecule has 0 aliphatic heterocycles. The summed E-state index contributed by atoms with van der Waals surface area (Å²) in [6.45, 7) is 2.43. The van der Waals surface area contributed by atoms with Gasteiger partial charge >= 0.3 is 0 Å². The van der Waals surface area contributed by atoms with Crippen LogP contribution in [0.5, 0.6) is 0 Å². The highest BCUT2D eigenvalue weighted by Gasteiger charge is 2.30. The van der Waals surface area contributed by atoms with Gasteiger partial charge in [0.1, 0.15) is 11.5 Å². The molecule has 7 heteroatoms. The van der Waals surface area contributed by atoms with E-state index in [1.165, 1.54) is 29.7 Å². The Labute approximate surface area is 156 Å². The molecule has 4 rings (SSSR count). The second kappa shape index (κ2) is 7.19. The van der Waals surface area contributed by atoms with Crippen LogP contribution >= 0.6 is 0 Å². The number of aromatic nitrogens is 4. The highest BCUT2D eigenvalue weighted by Crippen LogP contribution is 2.40. The van der Waals surface area contributed by atoms with Crippen molar-refractivity contribution in [2.75, 3.05) is 5.32 Å². The van der Waals surface area contributed by atoms with Gasteiger partial charge in [-0.2, -0.15) is 10.2 Å². The third kappa shape index (κ3) is 3.81. The van der Waals surface area contributed by atoms with E-state index in [4.69, 9.17) is 0 Å². The first-order chi connectivity index (χ1) is 13.1. The minimum atomic E-state index is -0.360. The third-order valence-electron chi connectivity index (χ3n) is 4.88. The molecule has 138 valence electrons. The number of carbonyl (C=O) groups is 1. The molecule has 7 nitrogen and oxygen atoms in total. The largest absolute Gasteiger partial charge is 0.305 e. The molecule has 0 bridgehead atoms. The maximum Gasteiger partial charge on any atom is 0.277 e. The summed E-state index contributed by atoms with van der Waals surface area (Å²) < 4.78 is 3.14. The fourth-order valence-corrected chi connectivity index (χ4v) is 3.14. The Balaban J connectivity index is 1.53. The van der Waals surface area contributed by atoms with Gasteiger partial charge in [-0.05, 0) is 37.3 Å². The van der Waals surface area contributed by atoms with Gasteiger partial charge in [0.25, 0.3) is 11.5 Å². The van der Waals surface area contributed by atoms with Gasteiger partial charge in [0.15, 0.2) is 0 Å². The highest BCUT2D eigenvalue weighted by molar-refractivity contribution is 6.02. The molecule has 0 radical (unpaired) electrons.